The van der Waals surface area contributed by atoms with Crippen LogP contribution < -0.4 is 5.56 Å². The van der Waals surface area contributed by atoms with Crippen LogP contribution >= 0.6 is 0 Å². The number of methoxy groups -OCH3 is 1. The number of likely N-dealkylation sites (N-methyl/N-ethyl adjacent to an activating group) is 1. The molecule has 1 aromatic heterocycles. The number of amides is 1. The maximum atomic E-state index is 13.6. The van der Waals surface area contributed by atoms with Crippen LogP contribution in [0.15, 0.2) is 70.6 Å². The van der Waals surface area contributed by atoms with Crippen molar-refractivity contribution in [3.8, 4) is 11.1 Å². The summed E-state index contributed by atoms with van der Waals surface area (Å²) >= 11 is 0. The van der Waals surface area contributed by atoms with Crippen LogP contribution in [0.3, 0.4) is 0 Å². The second kappa shape index (κ2) is 14.7. The number of aryl methyl sites for hydroxylation is 2. The molecule has 2 aromatic carbocycles. The van der Waals surface area contributed by atoms with E-state index in [1.54, 1.807) is 6.20 Å². The van der Waals surface area contributed by atoms with Crippen molar-refractivity contribution in [3.63, 3.8) is 0 Å². The molecule has 0 saturated carbocycles. The number of aromatic nitrogens is 1. The molecule has 1 amide bonds. The van der Waals surface area contributed by atoms with E-state index in [1.165, 1.54) is 17.9 Å². The number of benzene rings is 2. The van der Waals surface area contributed by atoms with E-state index in [1.807, 2.05) is 75.3 Å². The minimum atomic E-state index is -0.738. The third-order valence-electron chi connectivity index (χ3n) is 7.28. The van der Waals surface area contributed by atoms with Gasteiger partial charge >= 0.3 is 5.97 Å². The van der Waals surface area contributed by atoms with E-state index in [0.717, 1.165) is 34.4 Å². The lowest BCUT2D eigenvalue weighted by Gasteiger charge is -2.20. The molecule has 7 heteroatoms. The monoisotopic (exact) mass is 557 g/mol. The van der Waals surface area contributed by atoms with Gasteiger partial charge in [-0.3, -0.25) is 14.4 Å². The van der Waals surface area contributed by atoms with E-state index in [-0.39, 0.29) is 17.9 Å². The highest BCUT2D eigenvalue weighted by atomic mass is 16.5. The molecule has 7 nitrogen and oxygen atoms in total. The molecule has 3 rings (SSSR count). The first kappa shape index (κ1) is 31.7. The standard InChI is InChI=1S/C34H43N3O4/c1-23(2)19-30(37-17-10-15-26(34(37)40)16-18-36(5)6)33(39)35-22-29(21-31(38)41-7)27-13-9-14-28(20-27)32-24(3)11-8-12-25(32)4/h8-15,17,20,22-23,29-30H,16,18-19,21H2,1-7H3/b35-22+. The van der Waals surface area contributed by atoms with Gasteiger partial charge in [0.1, 0.15) is 6.04 Å². The predicted molar refractivity (Wildman–Crippen MR) is 166 cm³/mol. The summed E-state index contributed by atoms with van der Waals surface area (Å²) in [4.78, 5) is 45.7. The second-order valence-corrected chi connectivity index (χ2v) is 11.3. The minimum absolute atomic E-state index is 0.0400. The summed E-state index contributed by atoms with van der Waals surface area (Å²) in [7, 11) is 5.27. The topological polar surface area (TPSA) is 81.0 Å². The van der Waals surface area contributed by atoms with E-state index in [2.05, 4.69) is 31.0 Å². The Bertz CT molecular complexity index is 1420. The van der Waals surface area contributed by atoms with Crippen molar-refractivity contribution in [2.75, 3.05) is 27.7 Å². The number of aliphatic imine (C=N–C) groups is 1. The zero-order valence-corrected chi connectivity index (χ0v) is 25.4. The van der Waals surface area contributed by atoms with E-state index in [4.69, 9.17) is 4.74 Å². The lowest BCUT2D eigenvalue weighted by atomic mass is 9.90. The molecule has 0 bridgehead atoms. The van der Waals surface area contributed by atoms with E-state index in [9.17, 15) is 14.4 Å². The number of hydrogen-bond donors (Lipinski definition) is 0. The van der Waals surface area contributed by atoms with Crippen molar-refractivity contribution >= 4 is 18.1 Å². The summed E-state index contributed by atoms with van der Waals surface area (Å²) in [6, 6.07) is 17.1. The van der Waals surface area contributed by atoms with Gasteiger partial charge in [-0.1, -0.05) is 62.4 Å². The first-order chi connectivity index (χ1) is 19.5. The fraction of sp³-hybridized carbons (Fsp3) is 0.412. The van der Waals surface area contributed by atoms with Crippen molar-refractivity contribution < 1.29 is 14.3 Å². The van der Waals surface area contributed by atoms with Crippen molar-refractivity contribution in [2.24, 2.45) is 10.9 Å². The maximum Gasteiger partial charge on any atom is 0.306 e. The summed E-state index contributed by atoms with van der Waals surface area (Å²) < 4.78 is 6.48. The van der Waals surface area contributed by atoms with Gasteiger partial charge in [0.25, 0.3) is 11.5 Å². The fourth-order valence-electron chi connectivity index (χ4n) is 5.08. The molecule has 0 saturated heterocycles. The van der Waals surface area contributed by atoms with Crippen LogP contribution in [0, 0.1) is 19.8 Å². The van der Waals surface area contributed by atoms with Gasteiger partial charge in [0, 0.05) is 30.4 Å². The third-order valence-corrected chi connectivity index (χ3v) is 7.28. The van der Waals surface area contributed by atoms with Gasteiger partial charge in [0.15, 0.2) is 0 Å². The van der Waals surface area contributed by atoms with E-state index in [0.29, 0.717) is 18.4 Å². The molecule has 41 heavy (non-hydrogen) atoms. The lowest BCUT2D eigenvalue weighted by Crippen LogP contribution is -2.32. The molecular formula is C34H43N3O4. The lowest BCUT2D eigenvalue weighted by molar-refractivity contribution is -0.140. The maximum absolute atomic E-state index is 13.6. The van der Waals surface area contributed by atoms with Gasteiger partial charge in [0.2, 0.25) is 0 Å². The van der Waals surface area contributed by atoms with Gasteiger partial charge in [0.05, 0.1) is 13.5 Å². The van der Waals surface area contributed by atoms with E-state index < -0.39 is 23.8 Å². The molecular weight excluding hydrogens is 514 g/mol. The minimum Gasteiger partial charge on any atom is -0.469 e. The predicted octanol–water partition coefficient (Wildman–Crippen LogP) is 5.77. The molecule has 2 unspecified atom stereocenters. The van der Waals surface area contributed by atoms with E-state index >= 15 is 0 Å². The van der Waals surface area contributed by atoms with Crippen LogP contribution in [0.25, 0.3) is 11.1 Å². The average molecular weight is 558 g/mol. The zero-order valence-electron chi connectivity index (χ0n) is 25.4. The molecule has 0 aliphatic heterocycles. The van der Waals surface area contributed by atoms with Crippen LogP contribution in [0.5, 0.6) is 0 Å². The zero-order chi connectivity index (χ0) is 30.1. The summed E-state index contributed by atoms with van der Waals surface area (Å²) in [5, 5.41) is 0. The van der Waals surface area contributed by atoms with Crippen LogP contribution in [0.4, 0.5) is 0 Å². The van der Waals surface area contributed by atoms with Crippen molar-refractivity contribution in [3.05, 3.63) is 93.4 Å². The quantitative estimate of drug-likeness (QED) is 0.209. The molecule has 0 aliphatic rings. The Morgan fingerprint density at radius 3 is 2.34 bits per heavy atom. The van der Waals surface area contributed by atoms with Crippen molar-refractivity contribution in [2.45, 2.75) is 58.9 Å². The van der Waals surface area contributed by atoms with Crippen LogP contribution in [0.2, 0.25) is 0 Å². The summed E-state index contributed by atoms with van der Waals surface area (Å²) in [5.41, 5.74) is 5.84. The third kappa shape index (κ3) is 8.57. The molecule has 2 atom stereocenters. The normalized spacial score (nSPS) is 13.1. The Labute approximate surface area is 243 Å². The highest BCUT2D eigenvalue weighted by molar-refractivity contribution is 5.91. The van der Waals surface area contributed by atoms with Crippen molar-refractivity contribution in [1.29, 1.82) is 0 Å². The fourth-order valence-corrected chi connectivity index (χ4v) is 5.08. The molecule has 0 fully saturated rings. The van der Waals surface area contributed by atoms with Gasteiger partial charge in [-0.05, 0) is 80.6 Å². The molecule has 0 N–H and O–H groups in total. The molecule has 1 heterocycles. The Hall–Kier alpha value is -3.84. The summed E-state index contributed by atoms with van der Waals surface area (Å²) in [6.07, 6.45) is 4.31. The highest BCUT2D eigenvalue weighted by Crippen LogP contribution is 2.30. The summed E-state index contributed by atoms with van der Waals surface area (Å²) in [5.74, 6) is -1.11. The number of carbonyl (C=O) groups is 2. The summed E-state index contributed by atoms with van der Waals surface area (Å²) in [6.45, 7) is 8.92. The number of rotatable bonds is 12. The second-order valence-electron chi connectivity index (χ2n) is 11.3. The Kier molecular flexibility index (Phi) is 11.4. The Morgan fingerprint density at radius 1 is 1.02 bits per heavy atom. The van der Waals surface area contributed by atoms with Gasteiger partial charge < -0.3 is 14.2 Å². The number of ether oxygens (including phenoxy) is 1. The van der Waals surface area contributed by atoms with Crippen molar-refractivity contribution in [1.82, 2.24) is 9.47 Å². The Morgan fingerprint density at radius 2 is 1.71 bits per heavy atom. The average Bonchev–Trinajstić information content (AvgIpc) is 2.93. The van der Waals surface area contributed by atoms with Gasteiger partial charge in [-0.25, -0.2) is 4.99 Å². The number of nitrogens with zero attached hydrogens (tertiary/aromatic N) is 3. The van der Waals surface area contributed by atoms with Crippen LogP contribution in [0.1, 0.15) is 60.9 Å². The molecule has 0 aliphatic carbocycles. The first-order valence-electron chi connectivity index (χ1n) is 14.2. The molecule has 0 spiro atoms. The Balaban J connectivity index is 1.98. The number of carbonyl (C=O) groups excluding carboxylic acids is 2. The van der Waals surface area contributed by atoms with Crippen LogP contribution in [-0.2, 0) is 20.7 Å². The number of hydrogen-bond acceptors (Lipinski definition) is 5. The number of esters is 1. The smallest absolute Gasteiger partial charge is 0.306 e. The first-order valence-corrected chi connectivity index (χ1v) is 14.2. The highest BCUT2D eigenvalue weighted by Gasteiger charge is 2.24. The SMILES string of the molecule is COC(=O)CC(/C=N/C(=O)C(CC(C)C)n1cccc(CCN(C)C)c1=O)c1cccc(-c2c(C)cccc2C)c1. The van der Waals surface area contributed by atoms with Gasteiger partial charge in [-0.2, -0.15) is 0 Å². The molecule has 3 aromatic rings. The largest absolute Gasteiger partial charge is 0.469 e. The van der Waals surface area contributed by atoms with Gasteiger partial charge in [-0.15, -0.1) is 0 Å². The molecule has 0 radical (unpaired) electrons. The number of pyridine rings is 1. The van der Waals surface area contributed by atoms with Crippen LogP contribution in [-0.4, -0.2) is 55.3 Å². The molecule has 218 valence electrons.